The van der Waals surface area contributed by atoms with E-state index < -0.39 is 23.4 Å². The highest BCUT2D eigenvalue weighted by Gasteiger charge is 2.24. The number of H-pyrrole nitrogens is 1. The van der Waals surface area contributed by atoms with Crippen molar-refractivity contribution in [3.63, 3.8) is 0 Å². The van der Waals surface area contributed by atoms with Crippen LogP contribution in [0.5, 0.6) is 0 Å². The maximum Gasteiger partial charge on any atom is 0.287 e. The van der Waals surface area contributed by atoms with Crippen LogP contribution in [-0.2, 0) is 12.8 Å². The van der Waals surface area contributed by atoms with Crippen molar-refractivity contribution < 1.29 is 14.3 Å². The summed E-state index contributed by atoms with van der Waals surface area (Å²) in [5, 5.41) is 22.2. The second-order valence-electron chi connectivity index (χ2n) is 10.3. The molecule has 4 aromatic rings. The lowest BCUT2D eigenvalue weighted by Gasteiger charge is -2.19. The molecule has 1 saturated heterocycles. The van der Waals surface area contributed by atoms with Crippen LogP contribution in [0.1, 0.15) is 51.0 Å². The van der Waals surface area contributed by atoms with Crippen LogP contribution >= 0.6 is 11.3 Å². The Kier molecular flexibility index (Phi) is 7.18. The monoisotopic (exact) mass is 560 g/mol. The van der Waals surface area contributed by atoms with Crippen LogP contribution in [0.15, 0.2) is 53.5 Å². The Morgan fingerprint density at radius 2 is 2.05 bits per heavy atom. The lowest BCUT2D eigenvalue weighted by Crippen LogP contribution is -2.17. The molecule has 4 heterocycles. The maximum absolute atomic E-state index is 14.7. The molecule has 11 heteroatoms. The zero-order valence-electron chi connectivity index (χ0n) is 21.9. The molecular weight excluding hydrogens is 531 g/mol. The summed E-state index contributed by atoms with van der Waals surface area (Å²) in [6.45, 7) is 1.07. The third-order valence-electron chi connectivity index (χ3n) is 7.55. The molecule has 0 spiro atoms. The molecule has 1 aromatic carbocycles. The smallest absolute Gasteiger partial charge is 0.287 e. The van der Waals surface area contributed by atoms with Crippen LogP contribution in [0.3, 0.4) is 0 Å². The number of anilines is 3. The van der Waals surface area contributed by atoms with Gasteiger partial charge in [-0.2, -0.15) is 5.10 Å². The second kappa shape index (κ2) is 10.9. The SMILES string of the molecule is CN1CCC[C@@H]1c1ccc(Nc2cc(-c3ccc(F)c(NC(=O)c4cc5c(s4)CC[C@H](O)C5)c3)n[nH]c2=O)nc1. The number of amides is 1. The van der Waals surface area contributed by atoms with Gasteiger partial charge in [-0.25, -0.2) is 14.5 Å². The Balaban J connectivity index is 1.20. The highest BCUT2D eigenvalue weighted by Crippen LogP contribution is 2.32. The number of hydrogen-bond acceptors (Lipinski definition) is 8. The van der Waals surface area contributed by atoms with Crippen LogP contribution < -0.4 is 16.2 Å². The van der Waals surface area contributed by atoms with E-state index in [1.165, 1.54) is 29.5 Å². The molecule has 0 saturated carbocycles. The maximum atomic E-state index is 14.7. The van der Waals surface area contributed by atoms with Gasteiger partial charge in [-0.15, -0.1) is 11.3 Å². The predicted molar refractivity (Wildman–Crippen MR) is 153 cm³/mol. The quantitative estimate of drug-likeness (QED) is 0.271. The molecule has 9 nitrogen and oxygen atoms in total. The number of nitrogens with one attached hydrogen (secondary N) is 3. The van der Waals surface area contributed by atoms with Gasteiger partial charge < -0.3 is 15.7 Å². The predicted octanol–water partition coefficient (Wildman–Crippen LogP) is 4.64. The number of halogens is 1. The van der Waals surface area contributed by atoms with E-state index in [2.05, 4.69) is 37.8 Å². The van der Waals surface area contributed by atoms with E-state index in [-0.39, 0.29) is 11.4 Å². The molecule has 0 unspecified atom stereocenters. The molecule has 2 aliphatic rings. The number of carbonyl (C=O) groups excluding carboxylic acids is 1. The lowest BCUT2D eigenvalue weighted by molar-refractivity contribution is 0.102. The minimum Gasteiger partial charge on any atom is -0.393 e. The Bertz CT molecular complexity index is 1620. The van der Waals surface area contributed by atoms with Gasteiger partial charge in [0.15, 0.2) is 0 Å². The fraction of sp³-hybridized carbons (Fsp3) is 0.310. The number of likely N-dealkylation sites (tertiary alicyclic amines) is 1. The van der Waals surface area contributed by atoms with Gasteiger partial charge in [-0.1, -0.05) is 6.07 Å². The van der Waals surface area contributed by atoms with E-state index >= 15 is 0 Å². The number of carbonyl (C=O) groups is 1. The summed E-state index contributed by atoms with van der Waals surface area (Å²) in [6.07, 6.45) is 5.60. The molecule has 1 amide bonds. The first-order chi connectivity index (χ1) is 19.3. The molecule has 2 atom stereocenters. The summed E-state index contributed by atoms with van der Waals surface area (Å²) in [6, 6.07) is 11.8. The topological polar surface area (TPSA) is 123 Å². The number of pyridine rings is 1. The number of aromatic nitrogens is 3. The molecule has 1 fully saturated rings. The summed E-state index contributed by atoms with van der Waals surface area (Å²) in [4.78, 5) is 33.8. The second-order valence-corrected chi connectivity index (χ2v) is 11.5. The zero-order valence-corrected chi connectivity index (χ0v) is 22.7. The molecule has 40 heavy (non-hydrogen) atoms. The Labute approximate surface area is 234 Å². The summed E-state index contributed by atoms with van der Waals surface area (Å²) in [5.41, 5.74) is 2.83. The summed E-state index contributed by atoms with van der Waals surface area (Å²) < 4.78 is 14.7. The zero-order chi connectivity index (χ0) is 27.8. The number of aryl methyl sites for hydroxylation is 1. The molecule has 1 aliphatic carbocycles. The van der Waals surface area contributed by atoms with Gasteiger partial charge >= 0.3 is 0 Å². The normalized spacial score (nSPS) is 18.9. The molecular formula is C29H29FN6O3S. The first kappa shape index (κ1) is 26.3. The van der Waals surface area contributed by atoms with Crippen molar-refractivity contribution in [3.05, 3.63) is 85.7 Å². The van der Waals surface area contributed by atoms with Crippen LogP contribution in [0.4, 0.5) is 21.6 Å². The average molecular weight is 561 g/mol. The van der Waals surface area contributed by atoms with Crippen LogP contribution in [0, 0.1) is 5.82 Å². The van der Waals surface area contributed by atoms with Crippen molar-refractivity contribution >= 4 is 34.4 Å². The number of thiophene rings is 1. The molecule has 4 N–H and O–H groups in total. The van der Waals surface area contributed by atoms with Crippen molar-refractivity contribution in [2.24, 2.45) is 0 Å². The fourth-order valence-electron chi connectivity index (χ4n) is 5.37. The number of fused-ring (bicyclic) bond motifs is 1. The standard InChI is InChI=1S/C29H29FN6O3S/c1-36-10-2-3-24(36)17-5-9-27(31-15-17)32-23-14-21(34-35-28(23)38)16-4-7-20(30)22(12-16)33-29(39)26-13-18-11-19(37)6-8-25(18)40-26/h4-5,7,9,12-15,19,24,37H,2-3,6,8,10-11H2,1H3,(H,33,39)(H,35,38)(H,31,32,34)/t19-,24+/m0/s1. The summed E-state index contributed by atoms with van der Waals surface area (Å²) in [5.74, 6) is -0.487. The Hall–Kier alpha value is -3.93. The number of aliphatic hydroxyl groups excluding tert-OH is 1. The number of aromatic amines is 1. The van der Waals surface area contributed by atoms with E-state index in [0.717, 1.165) is 41.8 Å². The summed E-state index contributed by atoms with van der Waals surface area (Å²) >= 11 is 1.37. The van der Waals surface area contributed by atoms with Gasteiger partial charge in [-0.3, -0.25) is 14.5 Å². The molecule has 3 aromatic heterocycles. The van der Waals surface area contributed by atoms with E-state index in [9.17, 15) is 19.1 Å². The molecule has 206 valence electrons. The number of nitrogens with zero attached hydrogens (tertiary/aromatic N) is 3. The van der Waals surface area contributed by atoms with Crippen molar-refractivity contribution in [1.82, 2.24) is 20.1 Å². The van der Waals surface area contributed by atoms with E-state index in [4.69, 9.17) is 0 Å². The van der Waals surface area contributed by atoms with Gasteiger partial charge in [0.05, 0.1) is 22.4 Å². The van der Waals surface area contributed by atoms with Crippen molar-refractivity contribution in [2.75, 3.05) is 24.2 Å². The molecule has 6 rings (SSSR count). The Morgan fingerprint density at radius 1 is 1.18 bits per heavy atom. The third-order valence-corrected chi connectivity index (χ3v) is 8.78. The summed E-state index contributed by atoms with van der Waals surface area (Å²) in [7, 11) is 2.11. The highest BCUT2D eigenvalue weighted by atomic mass is 32.1. The van der Waals surface area contributed by atoms with Crippen molar-refractivity contribution in [1.29, 1.82) is 0 Å². The van der Waals surface area contributed by atoms with Crippen molar-refractivity contribution in [3.8, 4) is 11.3 Å². The molecule has 0 bridgehead atoms. The van der Waals surface area contributed by atoms with Gasteiger partial charge in [0.1, 0.15) is 17.3 Å². The molecule has 0 radical (unpaired) electrons. The Morgan fingerprint density at radius 3 is 2.83 bits per heavy atom. The number of benzene rings is 1. The van der Waals surface area contributed by atoms with Gasteiger partial charge in [0.25, 0.3) is 11.5 Å². The number of hydrogen-bond donors (Lipinski definition) is 4. The lowest BCUT2D eigenvalue weighted by atomic mass is 9.96. The molecule has 1 aliphatic heterocycles. The van der Waals surface area contributed by atoms with Crippen LogP contribution in [-0.4, -0.2) is 50.8 Å². The van der Waals surface area contributed by atoms with Gasteiger partial charge in [-0.05, 0) is 93.2 Å². The third kappa shape index (κ3) is 5.40. The minimum atomic E-state index is -0.589. The first-order valence-corrected chi connectivity index (χ1v) is 14.1. The van der Waals surface area contributed by atoms with E-state index in [0.29, 0.717) is 40.8 Å². The van der Waals surface area contributed by atoms with Crippen LogP contribution in [0.2, 0.25) is 0 Å². The fourth-order valence-corrected chi connectivity index (χ4v) is 6.48. The van der Waals surface area contributed by atoms with E-state index in [1.54, 1.807) is 12.1 Å². The largest absolute Gasteiger partial charge is 0.393 e. The minimum absolute atomic E-state index is 0.00514. The first-order valence-electron chi connectivity index (χ1n) is 13.3. The highest BCUT2D eigenvalue weighted by molar-refractivity contribution is 7.14. The van der Waals surface area contributed by atoms with Gasteiger partial charge in [0.2, 0.25) is 0 Å². The number of rotatable bonds is 6. The van der Waals surface area contributed by atoms with E-state index in [1.807, 2.05) is 18.3 Å². The van der Waals surface area contributed by atoms with Crippen molar-refractivity contribution in [2.45, 2.75) is 44.2 Å². The average Bonchev–Trinajstić information content (AvgIpc) is 3.57. The number of aliphatic hydroxyl groups is 1. The van der Waals surface area contributed by atoms with Gasteiger partial charge in [0, 0.05) is 22.7 Å². The van der Waals surface area contributed by atoms with Crippen LogP contribution in [0.25, 0.3) is 11.3 Å².